The monoisotopic (exact) mass is 302 g/mol. The smallest absolute Gasteiger partial charge is 0.335 e. The predicted molar refractivity (Wildman–Crippen MR) is 90.7 cm³/mol. The molecule has 112 valence electrons. The molecule has 3 nitrogen and oxygen atoms in total. The number of carboxylic acids is 1. The summed E-state index contributed by atoms with van der Waals surface area (Å²) >= 11 is 0. The van der Waals surface area contributed by atoms with Crippen LogP contribution < -0.4 is 0 Å². The molecular formula is C20H14O3. The largest absolute Gasteiger partial charge is 0.478 e. The summed E-state index contributed by atoms with van der Waals surface area (Å²) in [5, 5.41) is 10.8. The SMILES string of the molecule is O=C(O)c1ccc(/C=C/C(=O)c2cccc3ccccc23)cc1. The lowest BCUT2D eigenvalue weighted by molar-refractivity contribution is 0.0696. The molecular weight excluding hydrogens is 288 g/mol. The lowest BCUT2D eigenvalue weighted by Gasteiger charge is -2.03. The van der Waals surface area contributed by atoms with Crippen molar-refractivity contribution in [2.45, 2.75) is 0 Å². The standard InChI is InChI=1S/C20H14O3/c21-19(13-10-14-8-11-16(12-9-14)20(22)23)18-7-3-5-15-4-1-2-6-17(15)18/h1-13H,(H,22,23)/b13-10+. The van der Waals surface area contributed by atoms with E-state index in [0.717, 1.165) is 16.3 Å². The number of carbonyl (C=O) groups is 2. The van der Waals surface area contributed by atoms with Gasteiger partial charge in [0.05, 0.1) is 5.56 Å². The van der Waals surface area contributed by atoms with Gasteiger partial charge in [0, 0.05) is 5.56 Å². The van der Waals surface area contributed by atoms with Crippen LogP contribution >= 0.6 is 0 Å². The van der Waals surface area contributed by atoms with Gasteiger partial charge in [-0.15, -0.1) is 0 Å². The molecule has 3 heteroatoms. The molecule has 0 aliphatic heterocycles. The van der Waals surface area contributed by atoms with Crippen molar-refractivity contribution in [3.05, 3.63) is 89.5 Å². The zero-order valence-electron chi connectivity index (χ0n) is 12.3. The van der Waals surface area contributed by atoms with Crippen LogP contribution in [-0.2, 0) is 0 Å². The van der Waals surface area contributed by atoms with E-state index in [1.807, 2.05) is 42.5 Å². The molecule has 0 radical (unpaired) electrons. The molecule has 0 aliphatic rings. The molecule has 0 aliphatic carbocycles. The first-order valence-electron chi connectivity index (χ1n) is 7.19. The van der Waals surface area contributed by atoms with Crippen LogP contribution in [-0.4, -0.2) is 16.9 Å². The van der Waals surface area contributed by atoms with Gasteiger partial charge in [0.2, 0.25) is 0 Å². The number of ketones is 1. The maximum absolute atomic E-state index is 12.4. The molecule has 0 bridgehead atoms. The lowest BCUT2D eigenvalue weighted by atomic mass is 10.0. The first kappa shape index (κ1) is 14.7. The van der Waals surface area contributed by atoms with Crippen molar-refractivity contribution in [1.82, 2.24) is 0 Å². The van der Waals surface area contributed by atoms with Gasteiger partial charge in [0.15, 0.2) is 5.78 Å². The van der Waals surface area contributed by atoms with E-state index in [1.54, 1.807) is 18.2 Å². The Hall–Kier alpha value is -3.20. The molecule has 0 saturated heterocycles. The molecule has 1 N–H and O–H groups in total. The van der Waals surface area contributed by atoms with Crippen molar-refractivity contribution >= 4 is 28.6 Å². The average molecular weight is 302 g/mol. The number of carboxylic acid groups (broad SMARTS) is 1. The summed E-state index contributed by atoms with van der Waals surface area (Å²) in [5.41, 5.74) is 1.66. The Morgan fingerprint density at radius 2 is 1.52 bits per heavy atom. The first-order valence-corrected chi connectivity index (χ1v) is 7.19. The fourth-order valence-electron chi connectivity index (χ4n) is 2.44. The van der Waals surface area contributed by atoms with Crippen LogP contribution in [0.3, 0.4) is 0 Å². The van der Waals surface area contributed by atoms with Crippen molar-refractivity contribution in [3.8, 4) is 0 Å². The summed E-state index contributed by atoms with van der Waals surface area (Å²) in [6, 6.07) is 19.8. The third-order valence-electron chi connectivity index (χ3n) is 3.64. The number of carbonyl (C=O) groups excluding carboxylic acids is 1. The number of fused-ring (bicyclic) bond motifs is 1. The van der Waals surface area contributed by atoms with E-state index in [4.69, 9.17) is 5.11 Å². The predicted octanol–water partition coefficient (Wildman–Crippen LogP) is 4.43. The fraction of sp³-hybridized carbons (Fsp3) is 0. The van der Waals surface area contributed by atoms with E-state index >= 15 is 0 Å². The van der Waals surface area contributed by atoms with Gasteiger partial charge in [-0.05, 0) is 34.5 Å². The van der Waals surface area contributed by atoms with Crippen molar-refractivity contribution in [1.29, 1.82) is 0 Å². The Balaban J connectivity index is 1.87. The van der Waals surface area contributed by atoms with Gasteiger partial charge in [0.1, 0.15) is 0 Å². The molecule has 0 atom stereocenters. The van der Waals surface area contributed by atoms with E-state index in [1.165, 1.54) is 18.2 Å². The molecule has 0 heterocycles. The third-order valence-corrected chi connectivity index (χ3v) is 3.64. The first-order chi connectivity index (χ1) is 11.1. The van der Waals surface area contributed by atoms with Gasteiger partial charge in [-0.2, -0.15) is 0 Å². The third kappa shape index (κ3) is 3.19. The zero-order valence-corrected chi connectivity index (χ0v) is 12.3. The van der Waals surface area contributed by atoms with E-state index in [9.17, 15) is 9.59 Å². The Kier molecular flexibility index (Phi) is 4.02. The van der Waals surface area contributed by atoms with Crippen LogP contribution in [0.5, 0.6) is 0 Å². The van der Waals surface area contributed by atoms with Gasteiger partial charge < -0.3 is 5.11 Å². The Labute approximate surface area is 133 Å². The summed E-state index contributed by atoms with van der Waals surface area (Å²) in [6.07, 6.45) is 3.20. The summed E-state index contributed by atoms with van der Waals surface area (Å²) in [4.78, 5) is 23.2. The molecule has 3 rings (SSSR count). The highest BCUT2D eigenvalue weighted by Crippen LogP contribution is 2.19. The van der Waals surface area contributed by atoms with E-state index in [-0.39, 0.29) is 11.3 Å². The summed E-state index contributed by atoms with van der Waals surface area (Å²) in [7, 11) is 0. The van der Waals surface area contributed by atoms with E-state index in [2.05, 4.69) is 0 Å². The van der Waals surface area contributed by atoms with Crippen molar-refractivity contribution in [3.63, 3.8) is 0 Å². The van der Waals surface area contributed by atoms with Gasteiger partial charge in [-0.1, -0.05) is 60.7 Å². The highest BCUT2D eigenvalue weighted by molar-refractivity contribution is 6.14. The second-order valence-electron chi connectivity index (χ2n) is 5.15. The highest BCUT2D eigenvalue weighted by Gasteiger charge is 2.06. The highest BCUT2D eigenvalue weighted by atomic mass is 16.4. The minimum atomic E-state index is -0.965. The van der Waals surface area contributed by atoms with Crippen LogP contribution in [0.4, 0.5) is 0 Å². The molecule has 0 amide bonds. The topological polar surface area (TPSA) is 54.4 Å². The van der Waals surface area contributed by atoms with Crippen LogP contribution in [0.2, 0.25) is 0 Å². The van der Waals surface area contributed by atoms with Gasteiger partial charge in [-0.3, -0.25) is 4.79 Å². The van der Waals surface area contributed by atoms with Crippen molar-refractivity contribution in [2.24, 2.45) is 0 Å². The molecule has 3 aromatic carbocycles. The number of aromatic carboxylic acids is 1. The van der Waals surface area contributed by atoms with Crippen LogP contribution in [0.15, 0.2) is 72.8 Å². The summed E-state index contributed by atoms with van der Waals surface area (Å²) in [6.45, 7) is 0. The molecule has 0 aromatic heterocycles. The Morgan fingerprint density at radius 3 is 2.26 bits per heavy atom. The van der Waals surface area contributed by atoms with Crippen LogP contribution in [0.25, 0.3) is 16.8 Å². The average Bonchev–Trinajstić information content (AvgIpc) is 2.59. The van der Waals surface area contributed by atoms with E-state index in [0.29, 0.717) is 5.56 Å². The number of hydrogen-bond acceptors (Lipinski definition) is 2. The quantitative estimate of drug-likeness (QED) is 0.573. The number of allylic oxidation sites excluding steroid dienone is 1. The molecule has 0 unspecified atom stereocenters. The van der Waals surface area contributed by atoms with Gasteiger partial charge in [0.25, 0.3) is 0 Å². The molecule has 23 heavy (non-hydrogen) atoms. The van der Waals surface area contributed by atoms with Crippen molar-refractivity contribution in [2.75, 3.05) is 0 Å². The van der Waals surface area contributed by atoms with Gasteiger partial charge >= 0.3 is 5.97 Å². The van der Waals surface area contributed by atoms with Crippen LogP contribution in [0.1, 0.15) is 26.3 Å². The zero-order chi connectivity index (χ0) is 16.2. The van der Waals surface area contributed by atoms with Crippen molar-refractivity contribution < 1.29 is 14.7 Å². The molecule has 0 spiro atoms. The number of rotatable bonds is 4. The summed E-state index contributed by atoms with van der Waals surface area (Å²) < 4.78 is 0. The maximum atomic E-state index is 12.4. The Bertz CT molecular complexity index is 900. The minimum Gasteiger partial charge on any atom is -0.478 e. The normalized spacial score (nSPS) is 11.0. The van der Waals surface area contributed by atoms with Crippen LogP contribution in [0, 0.1) is 0 Å². The molecule has 0 fully saturated rings. The fourth-order valence-corrected chi connectivity index (χ4v) is 2.44. The maximum Gasteiger partial charge on any atom is 0.335 e. The lowest BCUT2D eigenvalue weighted by Crippen LogP contribution is -1.96. The second-order valence-corrected chi connectivity index (χ2v) is 5.15. The minimum absolute atomic E-state index is 0.0795. The second kappa shape index (κ2) is 6.28. The Morgan fingerprint density at radius 1 is 0.826 bits per heavy atom. The number of hydrogen-bond donors (Lipinski definition) is 1. The molecule has 0 saturated carbocycles. The summed E-state index contributed by atoms with van der Waals surface area (Å²) in [5.74, 6) is -1.04. The van der Waals surface area contributed by atoms with E-state index < -0.39 is 5.97 Å². The number of benzene rings is 3. The van der Waals surface area contributed by atoms with Gasteiger partial charge in [-0.25, -0.2) is 4.79 Å². The molecule has 3 aromatic rings.